The molecule has 0 spiro atoms. The number of carbonyl (C=O) groups is 1. The first-order valence-electron chi connectivity index (χ1n) is 11.9. The third-order valence-electron chi connectivity index (χ3n) is 6.48. The van der Waals surface area contributed by atoms with Crippen LogP contribution in [-0.4, -0.2) is 29.8 Å². The molecule has 1 aliphatic rings. The Labute approximate surface area is 208 Å². The van der Waals surface area contributed by atoms with E-state index in [-0.39, 0.29) is 29.7 Å². The molecule has 2 heterocycles. The molecular weight excluding hydrogens is 473 g/mol. The van der Waals surface area contributed by atoms with Crippen LogP contribution in [0.1, 0.15) is 58.5 Å². The summed E-state index contributed by atoms with van der Waals surface area (Å²) in [6, 6.07) is 6.25. The molecule has 4 rings (SSSR count). The number of amides is 1. The molecule has 1 aromatic carbocycles. The van der Waals surface area contributed by atoms with Gasteiger partial charge in [-0.3, -0.25) is 9.48 Å². The van der Waals surface area contributed by atoms with Crippen LogP contribution in [0.25, 0.3) is 0 Å². The van der Waals surface area contributed by atoms with Crippen molar-refractivity contribution < 1.29 is 18.0 Å². The van der Waals surface area contributed by atoms with E-state index in [1.54, 1.807) is 42.4 Å². The van der Waals surface area contributed by atoms with Gasteiger partial charge in [-0.05, 0) is 62.9 Å². The molecule has 1 atom stereocenters. The van der Waals surface area contributed by atoms with Gasteiger partial charge in [-0.2, -0.15) is 18.3 Å². The number of hydrogen-bond donors (Lipinski definition) is 0. The fraction of sp³-hybridized carbons (Fsp3) is 0.462. The topological polar surface area (TPSA) is 41.4 Å². The van der Waals surface area contributed by atoms with Gasteiger partial charge in [-0.25, -0.2) is 0 Å². The Morgan fingerprint density at radius 3 is 2.66 bits per heavy atom. The average Bonchev–Trinajstić information content (AvgIpc) is 3.37. The number of rotatable bonds is 6. The van der Waals surface area contributed by atoms with Crippen molar-refractivity contribution in [1.29, 1.82) is 0 Å². The second-order valence-electron chi connectivity index (χ2n) is 9.26. The summed E-state index contributed by atoms with van der Waals surface area (Å²) in [4.78, 5) is 19.4. The summed E-state index contributed by atoms with van der Waals surface area (Å²) in [5.74, 6) is -0.539. The van der Waals surface area contributed by atoms with Crippen LogP contribution in [0.15, 0.2) is 36.7 Å². The number of hydrogen-bond acceptors (Lipinski definition) is 4. The fourth-order valence-corrected chi connectivity index (χ4v) is 5.90. The van der Waals surface area contributed by atoms with Gasteiger partial charge in [0.05, 0.1) is 24.2 Å². The zero-order valence-electron chi connectivity index (χ0n) is 20.5. The summed E-state index contributed by atoms with van der Waals surface area (Å²) in [6.07, 6.45) is 2.52. The van der Waals surface area contributed by atoms with E-state index >= 15 is 0 Å². The van der Waals surface area contributed by atoms with Crippen molar-refractivity contribution in [1.82, 2.24) is 9.78 Å². The highest BCUT2D eigenvalue weighted by atomic mass is 32.1. The number of carbonyl (C=O) groups excluding carboxylic acids is 1. The van der Waals surface area contributed by atoms with Crippen LogP contribution in [0.4, 0.5) is 24.5 Å². The van der Waals surface area contributed by atoms with Gasteiger partial charge in [-0.15, -0.1) is 11.3 Å². The first kappa shape index (κ1) is 25.3. The quantitative estimate of drug-likeness (QED) is 0.365. The van der Waals surface area contributed by atoms with Crippen molar-refractivity contribution in [3.63, 3.8) is 0 Å². The normalized spacial score (nSPS) is 16.0. The number of halogens is 3. The van der Waals surface area contributed by atoms with Crippen LogP contribution in [0.2, 0.25) is 0 Å². The fourth-order valence-electron chi connectivity index (χ4n) is 4.76. The molecule has 1 amide bonds. The molecule has 1 unspecified atom stereocenters. The zero-order valence-corrected chi connectivity index (χ0v) is 21.3. The van der Waals surface area contributed by atoms with E-state index in [9.17, 15) is 18.0 Å². The Balaban J connectivity index is 1.79. The molecule has 0 saturated heterocycles. The second-order valence-corrected chi connectivity index (χ2v) is 10.6. The number of benzene rings is 1. The molecule has 188 valence electrons. The van der Waals surface area contributed by atoms with Gasteiger partial charge in [-0.1, -0.05) is 6.42 Å². The molecule has 0 radical (unpaired) electrons. The minimum atomic E-state index is -4.54. The summed E-state index contributed by atoms with van der Waals surface area (Å²) in [6.45, 7) is 4.82. The Kier molecular flexibility index (Phi) is 7.26. The maximum Gasteiger partial charge on any atom is 0.418 e. The molecule has 5 nitrogen and oxygen atoms in total. The van der Waals surface area contributed by atoms with E-state index in [1.165, 1.54) is 20.7 Å². The van der Waals surface area contributed by atoms with Crippen molar-refractivity contribution in [3.8, 4) is 0 Å². The number of nitrogens with zero attached hydrogens (tertiary/aromatic N) is 4. The van der Waals surface area contributed by atoms with Crippen molar-refractivity contribution in [3.05, 3.63) is 63.1 Å². The minimum Gasteiger partial charge on any atom is -0.377 e. The molecule has 0 saturated carbocycles. The summed E-state index contributed by atoms with van der Waals surface area (Å²) >= 11 is 1.72. The lowest BCUT2D eigenvalue weighted by Crippen LogP contribution is -2.35. The van der Waals surface area contributed by atoms with Gasteiger partial charge in [0.1, 0.15) is 0 Å². The van der Waals surface area contributed by atoms with Crippen LogP contribution < -0.4 is 9.80 Å². The number of aryl methyl sites for hydroxylation is 3. The predicted octanol–water partition coefficient (Wildman–Crippen LogP) is 6.40. The van der Waals surface area contributed by atoms with Gasteiger partial charge in [0.2, 0.25) is 5.91 Å². The highest BCUT2D eigenvalue weighted by Gasteiger charge is 2.36. The molecule has 9 heteroatoms. The van der Waals surface area contributed by atoms with E-state index < -0.39 is 11.7 Å². The molecule has 0 N–H and O–H groups in total. The number of anilines is 2. The summed E-state index contributed by atoms with van der Waals surface area (Å²) in [7, 11) is 3.16. The highest BCUT2D eigenvalue weighted by Crippen LogP contribution is 2.41. The summed E-state index contributed by atoms with van der Waals surface area (Å²) in [5, 5.41) is 4.30. The molecule has 2 aromatic heterocycles. The van der Waals surface area contributed by atoms with Crippen LogP contribution in [0, 0.1) is 6.92 Å². The molecule has 0 bridgehead atoms. The van der Waals surface area contributed by atoms with Gasteiger partial charge < -0.3 is 9.80 Å². The van der Waals surface area contributed by atoms with E-state index in [2.05, 4.69) is 11.2 Å². The molecule has 3 aromatic rings. The molecular formula is C26H31F3N4OS. The highest BCUT2D eigenvalue weighted by molar-refractivity contribution is 7.12. The number of alkyl halides is 3. The standard InChI is InChI=1S/C26H31F3N4OS/c1-5-32-15-18(14-30-32)16-33(19-10-11-23(31(3)4)22(13-19)26(27,28)29)25(34)20-8-6-7-9-24-21(20)12-17(2)35-24/h10-15,20H,5-9,16H2,1-4H3. The minimum absolute atomic E-state index is 0.0673. The summed E-state index contributed by atoms with van der Waals surface area (Å²) < 4.78 is 43.7. The number of fused-ring (bicyclic) bond motifs is 1. The average molecular weight is 505 g/mol. The maximum absolute atomic E-state index is 14.1. The smallest absolute Gasteiger partial charge is 0.377 e. The molecule has 35 heavy (non-hydrogen) atoms. The van der Waals surface area contributed by atoms with Crippen LogP contribution in [-0.2, 0) is 30.5 Å². The van der Waals surface area contributed by atoms with Gasteiger partial charge in [0, 0.05) is 53.5 Å². The van der Waals surface area contributed by atoms with Crippen molar-refractivity contribution in [2.45, 2.75) is 64.7 Å². The lowest BCUT2D eigenvalue weighted by Gasteiger charge is -2.29. The second kappa shape index (κ2) is 10.0. The molecule has 0 fully saturated rings. The molecule has 0 aliphatic heterocycles. The van der Waals surface area contributed by atoms with E-state index in [0.29, 0.717) is 13.0 Å². The van der Waals surface area contributed by atoms with E-state index in [1.807, 2.05) is 20.0 Å². The lowest BCUT2D eigenvalue weighted by atomic mass is 9.94. The van der Waals surface area contributed by atoms with E-state index in [0.717, 1.165) is 41.3 Å². The SMILES string of the molecule is CCn1cc(CN(C(=O)C2CCCCc3sc(C)cc32)c2ccc(N(C)C)c(C(F)(F)F)c2)cn1. The van der Waals surface area contributed by atoms with Crippen molar-refractivity contribution >= 4 is 28.6 Å². The van der Waals surface area contributed by atoms with Crippen molar-refractivity contribution in [2.24, 2.45) is 0 Å². The Morgan fingerprint density at radius 1 is 1.23 bits per heavy atom. The van der Waals surface area contributed by atoms with Gasteiger partial charge in [0.25, 0.3) is 0 Å². The Hall–Kier alpha value is -2.81. The lowest BCUT2D eigenvalue weighted by molar-refractivity contribution is -0.137. The Bertz CT molecular complexity index is 1200. The first-order valence-corrected chi connectivity index (χ1v) is 12.7. The van der Waals surface area contributed by atoms with Gasteiger partial charge >= 0.3 is 6.18 Å². The van der Waals surface area contributed by atoms with Gasteiger partial charge in [0.15, 0.2) is 0 Å². The largest absolute Gasteiger partial charge is 0.418 e. The molecule has 1 aliphatic carbocycles. The zero-order chi connectivity index (χ0) is 25.3. The monoisotopic (exact) mass is 504 g/mol. The van der Waals surface area contributed by atoms with Crippen LogP contribution >= 0.6 is 11.3 Å². The number of thiophene rings is 1. The van der Waals surface area contributed by atoms with Crippen LogP contribution in [0.3, 0.4) is 0 Å². The summed E-state index contributed by atoms with van der Waals surface area (Å²) in [5.41, 5.74) is 1.37. The number of aromatic nitrogens is 2. The van der Waals surface area contributed by atoms with Crippen molar-refractivity contribution in [2.75, 3.05) is 23.9 Å². The first-order chi connectivity index (χ1) is 16.6. The predicted molar refractivity (Wildman–Crippen MR) is 134 cm³/mol. The maximum atomic E-state index is 14.1. The third-order valence-corrected chi connectivity index (χ3v) is 7.61. The van der Waals surface area contributed by atoms with Crippen LogP contribution in [0.5, 0.6) is 0 Å². The third kappa shape index (κ3) is 5.39. The van der Waals surface area contributed by atoms with E-state index in [4.69, 9.17) is 0 Å². The Morgan fingerprint density at radius 2 is 2.00 bits per heavy atom.